The normalized spacial score (nSPS) is 13.4. The quantitative estimate of drug-likeness (QED) is 0.794. The number of rotatable bonds is 6. The van der Waals surface area contributed by atoms with E-state index in [0.717, 1.165) is 13.0 Å². The summed E-state index contributed by atoms with van der Waals surface area (Å²) < 4.78 is 0. The average molecular weight is 222 g/mol. The first-order valence-electron chi connectivity index (χ1n) is 5.85. The number of likely N-dealkylation sites (N-methyl/N-ethyl adjacent to an activating group) is 1. The minimum absolute atomic E-state index is 0.223. The number of hydrogen-bond donors (Lipinski definition) is 1. The lowest BCUT2D eigenvalue weighted by Crippen LogP contribution is -2.39. The van der Waals surface area contributed by atoms with Gasteiger partial charge in [-0.3, -0.25) is 4.98 Å². The molecule has 0 saturated heterocycles. The van der Waals surface area contributed by atoms with E-state index < -0.39 is 0 Å². The molecule has 1 atom stereocenters. The predicted molar refractivity (Wildman–Crippen MR) is 66.3 cm³/mol. The van der Waals surface area contributed by atoms with Crippen LogP contribution in [-0.2, 0) is 6.42 Å². The molecule has 0 aliphatic carbocycles. The first kappa shape index (κ1) is 13.1. The van der Waals surface area contributed by atoms with E-state index in [1.54, 1.807) is 6.20 Å². The maximum atomic E-state index is 9.31. The van der Waals surface area contributed by atoms with Crippen molar-refractivity contribution < 1.29 is 5.11 Å². The van der Waals surface area contributed by atoms with Gasteiger partial charge in [0.15, 0.2) is 0 Å². The van der Waals surface area contributed by atoms with Gasteiger partial charge in [0.05, 0.1) is 6.61 Å². The summed E-state index contributed by atoms with van der Waals surface area (Å²) in [4.78, 5) is 6.31. The van der Waals surface area contributed by atoms with Crippen LogP contribution in [0.1, 0.15) is 19.4 Å². The Kier molecular flexibility index (Phi) is 5.43. The highest BCUT2D eigenvalue weighted by Crippen LogP contribution is 2.09. The fourth-order valence-electron chi connectivity index (χ4n) is 1.88. The third kappa shape index (κ3) is 3.91. The molecule has 0 saturated carbocycles. The second-order valence-electron chi connectivity index (χ2n) is 4.59. The van der Waals surface area contributed by atoms with Crippen molar-refractivity contribution in [2.75, 3.05) is 20.2 Å². The molecule has 3 nitrogen and oxygen atoms in total. The highest BCUT2D eigenvalue weighted by molar-refractivity contribution is 5.08. The average Bonchev–Trinajstić information content (AvgIpc) is 2.28. The molecule has 1 aromatic heterocycles. The third-order valence-electron chi connectivity index (χ3n) is 3.00. The zero-order valence-electron chi connectivity index (χ0n) is 10.4. The van der Waals surface area contributed by atoms with Crippen molar-refractivity contribution in [3.8, 4) is 0 Å². The Morgan fingerprint density at radius 3 is 2.69 bits per heavy atom. The lowest BCUT2D eigenvalue weighted by atomic mass is 10.0. The molecule has 0 spiro atoms. The van der Waals surface area contributed by atoms with Gasteiger partial charge in [-0.1, -0.05) is 19.9 Å². The summed E-state index contributed by atoms with van der Waals surface area (Å²) in [6.07, 6.45) is 4.67. The summed E-state index contributed by atoms with van der Waals surface area (Å²) in [6.45, 7) is 5.46. The van der Waals surface area contributed by atoms with Crippen molar-refractivity contribution in [3.05, 3.63) is 30.1 Å². The van der Waals surface area contributed by atoms with E-state index in [4.69, 9.17) is 0 Å². The molecule has 3 heteroatoms. The first-order valence-corrected chi connectivity index (χ1v) is 5.85. The van der Waals surface area contributed by atoms with E-state index in [-0.39, 0.29) is 12.6 Å². The molecule has 0 amide bonds. The van der Waals surface area contributed by atoms with Gasteiger partial charge in [0, 0.05) is 25.0 Å². The number of aliphatic hydroxyl groups excluding tert-OH is 1. The zero-order chi connectivity index (χ0) is 12.0. The predicted octanol–water partition coefficient (Wildman–Crippen LogP) is 1.57. The minimum Gasteiger partial charge on any atom is -0.395 e. The highest BCUT2D eigenvalue weighted by Gasteiger charge is 2.16. The SMILES string of the molecule is CC(C)C(CO)N(C)CCc1cccnc1. The number of nitrogens with zero attached hydrogens (tertiary/aromatic N) is 2. The topological polar surface area (TPSA) is 36.4 Å². The van der Waals surface area contributed by atoms with Crippen LogP contribution in [0.25, 0.3) is 0 Å². The number of pyridine rings is 1. The summed E-state index contributed by atoms with van der Waals surface area (Å²) in [5.74, 6) is 0.476. The molecule has 0 bridgehead atoms. The molecule has 1 N–H and O–H groups in total. The van der Waals surface area contributed by atoms with Crippen molar-refractivity contribution in [2.24, 2.45) is 5.92 Å². The maximum Gasteiger partial charge on any atom is 0.0589 e. The van der Waals surface area contributed by atoms with Crippen LogP contribution in [-0.4, -0.2) is 41.2 Å². The second kappa shape index (κ2) is 6.61. The minimum atomic E-state index is 0.223. The second-order valence-corrected chi connectivity index (χ2v) is 4.59. The summed E-state index contributed by atoms with van der Waals surface area (Å²) in [5.41, 5.74) is 1.25. The largest absolute Gasteiger partial charge is 0.395 e. The molecule has 0 fully saturated rings. The first-order chi connectivity index (χ1) is 7.65. The smallest absolute Gasteiger partial charge is 0.0589 e. The van der Waals surface area contributed by atoms with Gasteiger partial charge >= 0.3 is 0 Å². The van der Waals surface area contributed by atoms with Gasteiger partial charge in [-0.05, 0) is 31.0 Å². The van der Waals surface area contributed by atoms with Gasteiger partial charge in [-0.15, -0.1) is 0 Å². The summed E-state index contributed by atoms with van der Waals surface area (Å²) in [6, 6.07) is 4.29. The van der Waals surface area contributed by atoms with Crippen LogP contribution in [0.2, 0.25) is 0 Å². The van der Waals surface area contributed by atoms with E-state index in [0.29, 0.717) is 5.92 Å². The molecule has 0 aliphatic heterocycles. The molecule has 1 rings (SSSR count). The van der Waals surface area contributed by atoms with Gasteiger partial charge in [-0.2, -0.15) is 0 Å². The molecule has 16 heavy (non-hydrogen) atoms. The fraction of sp³-hybridized carbons (Fsp3) is 0.615. The molecule has 1 unspecified atom stereocenters. The van der Waals surface area contributed by atoms with E-state index in [1.165, 1.54) is 5.56 Å². The van der Waals surface area contributed by atoms with Gasteiger partial charge in [-0.25, -0.2) is 0 Å². The fourth-order valence-corrected chi connectivity index (χ4v) is 1.88. The van der Waals surface area contributed by atoms with Crippen molar-refractivity contribution in [3.63, 3.8) is 0 Å². The molecule has 1 heterocycles. The molecule has 0 aromatic carbocycles. The lowest BCUT2D eigenvalue weighted by molar-refractivity contribution is 0.114. The van der Waals surface area contributed by atoms with Crippen molar-refractivity contribution in [1.29, 1.82) is 0 Å². The highest BCUT2D eigenvalue weighted by atomic mass is 16.3. The van der Waals surface area contributed by atoms with E-state index >= 15 is 0 Å². The van der Waals surface area contributed by atoms with Gasteiger partial charge in [0.1, 0.15) is 0 Å². The van der Waals surface area contributed by atoms with Crippen LogP contribution in [0.3, 0.4) is 0 Å². The van der Waals surface area contributed by atoms with E-state index in [9.17, 15) is 5.11 Å². The standard InChI is InChI=1S/C13H22N2O/c1-11(2)13(10-16)15(3)8-6-12-5-4-7-14-9-12/h4-5,7,9,11,13,16H,6,8,10H2,1-3H3. The molecule has 1 aromatic rings. The number of aromatic nitrogens is 1. The third-order valence-corrected chi connectivity index (χ3v) is 3.00. The number of aliphatic hydroxyl groups is 1. The van der Waals surface area contributed by atoms with Crippen molar-refractivity contribution in [2.45, 2.75) is 26.3 Å². The molecule has 0 aliphatic rings. The van der Waals surface area contributed by atoms with Gasteiger partial charge in [0.25, 0.3) is 0 Å². The maximum absolute atomic E-state index is 9.31. The Balaban J connectivity index is 2.43. The Hall–Kier alpha value is -0.930. The van der Waals surface area contributed by atoms with Crippen LogP contribution in [0, 0.1) is 5.92 Å². The van der Waals surface area contributed by atoms with Gasteiger partial charge < -0.3 is 10.0 Å². The van der Waals surface area contributed by atoms with E-state index in [2.05, 4.69) is 36.8 Å². The molecular formula is C13H22N2O. The van der Waals surface area contributed by atoms with Crippen LogP contribution in [0.5, 0.6) is 0 Å². The van der Waals surface area contributed by atoms with Crippen LogP contribution < -0.4 is 0 Å². The zero-order valence-corrected chi connectivity index (χ0v) is 10.4. The number of hydrogen-bond acceptors (Lipinski definition) is 3. The van der Waals surface area contributed by atoms with Crippen LogP contribution in [0.15, 0.2) is 24.5 Å². The van der Waals surface area contributed by atoms with Crippen LogP contribution >= 0.6 is 0 Å². The lowest BCUT2D eigenvalue weighted by Gasteiger charge is -2.29. The Bertz CT molecular complexity index is 287. The summed E-state index contributed by atoms with van der Waals surface area (Å²) in [7, 11) is 2.07. The van der Waals surface area contributed by atoms with Gasteiger partial charge in [0.2, 0.25) is 0 Å². The monoisotopic (exact) mass is 222 g/mol. The summed E-state index contributed by atoms with van der Waals surface area (Å²) in [5, 5.41) is 9.31. The Labute approximate surface area is 98.1 Å². The van der Waals surface area contributed by atoms with E-state index in [1.807, 2.05) is 12.3 Å². The Morgan fingerprint density at radius 2 is 2.19 bits per heavy atom. The Morgan fingerprint density at radius 1 is 1.44 bits per heavy atom. The van der Waals surface area contributed by atoms with Crippen molar-refractivity contribution >= 4 is 0 Å². The van der Waals surface area contributed by atoms with Crippen molar-refractivity contribution in [1.82, 2.24) is 9.88 Å². The molecule has 0 radical (unpaired) electrons. The summed E-state index contributed by atoms with van der Waals surface area (Å²) >= 11 is 0. The van der Waals surface area contributed by atoms with Crippen LogP contribution in [0.4, 0.5) is 0 Å². The molecular weight excluding hydrogens is 200 g/mol. The molecule has 90 valence electrons.